The molecule has 2 heterocycles. The first-order chi connectivity index (χ1) is 6.38. The molecule has 0 unspecified atom stereocenters. The van der Waals surface area contributed by atoms with Gasteiger partial charge in [0.2, 0.25) is 0 Å². The van der Waals surface area contributed by atoms with Gasteiger partial charge in [-0.2, -0.15) is 0 Å². The van der Waals surface area contributed by atoms with Crippen LogP contribution in [0, 0.1) is 0 Å². The molecule has 0 radical (unpaired) electrons. The summed E-state index contributed by atoms with van der Waals surface area (Å²) in [5.41, 5.74) is 2.07. The second kappa shape index (κ2) is 3.60. The first-order valence-corrected chi connectivity index (χ1v) is 4.73. The zero-order valence-corrected chi connectivity index (χ0v) is 7.74. The van der Waals surface area contributed by atoms with E-state index < -0.39 is 0 Å². The van der Waals surface area contributed by atoms with Gasteiger partial charge in [0.1, 0.15) is 0 Å². The highest BCUT2D eigenvalue weighted by Crippen LogP contribution is 2.19. The van der Waals surface area contributed by atoms with Crippen LogP contribution < -0.4 is 0 Å². The van der Waals surface area contributed by atoms with Crippen molar-refractivity contribution in [2.45, 2.75) is 12.8 Å². The van der Waals surface area contributed by atoms with Gasteiger partial charge in [0.15, 0.2) is 0 Å². The summed E-state index contributed by atoms with van der Waals surface area (Å²) in [5.74, 6) is 0. The summed E-state index contributed by atoms with van der Waals surface area (Å²) in [7, 11) is 0. The molecule has 0 N–H and O–H groups in total. The van der Waals surface area contributed by atoms with Gasteiger partial charge in [0.25, 0.3) is 0 Å². The molecule has 2 nitrogen and oxygen atoms in total. The van der Waals surface area contributed by atoms with Gasteiger partial charge < -0.3 is 4.90 Å². The molecule has 0 saturated carbocycles. The third-order valence-electron chi connectivity index (χ3n) is 2.45. The number of aromatic nitrogens is 1. The highest BCUT2D eigenvalue weighted by molar-refractivity contribution is 5.58. The normalized spacial score (nSPS) is 16.2. The van der Waals surface area contributed by atoms with Crippen LogP contribution in [0.3, 0.4) is 0 Å². The predicted octanol–water partition coefficient (Wildman–Crippen LogP) is 2.15. The molecule has 0 aliphatic carbocycles. The van der Waals surface area contributed by atoms with Crippen LogP contribution in [0.2, 0.25) is 0 Å². The van der Waals surface area contributed by atoms with Crippen LogP contribution in [0.25, 0.3) is 5.70 Å². The van der Waals surface area contributed by atoms with Crippen LogP contribution in [-0.4, -0.2) is 23.0 Å². The first-order valence-electron chi connectivity index (χ1n) is 4.73. The average Bonchev–Trinajstić information content (AvgIpc) is 2.71. The highest BCUT2D eigenvalue weighted by atomic mass is 15.2. The second-order valence-corrected chi connectivity index (χ2v) is 3.36. The summed E-state index contributed by atoms with van der Waals surface area (Å²) < 4.78 is 0. The minimum absolute atomic E-state index is 1.00. The predicted molar refractivity (Wildman–Crippen MR) is 54.1 cm³/mol. The lowest BCUT2D eigenvalue weighted by molar-refractivity contribution is 0.492. The molecule has 0 atom stereocenters. The number of nitrogens with zero attached hydrogens (tertiary/aromatic N) is 2. The quantitative estimate of drug-likeness (QED) is 0.683. The maximum Gasteiger partial charge on any atom is 0.0856 e. The van der Waals surface area contributed by atoms with Crippen molar-refractivity contribution in [3.8, 4) is 0 Å². The van der Waals surface area contributed by atoms with Crippen LogP contribution >= 0.6 is 0 Å². The van der Waals surface area contributed by atoms with E-state index in [1.54, 1.807) is 0 Å². The first kappa shape index (κ1) is 8.30. The van der Waals surface area contributed by atoms with Crippen molar-refractivity contribution in [3.05, 3.63) is 36.7 Å². The number of likely N-dealkylation sites (tertiary alicyclic amines) is 1. The molecule has 1 aromatic heterocycles. The lowest BCUT2D eigenvalue weighted by Crippen LogP contribution is -2.17. The molecule has 0 amide bonds. The standard InChI is InChI=1S/C11H14N2/c1-10(13-8-4-5-9-13)11-6-2-3-7-12-11/h2-3,6-7H,1,4-5,8-9H2. The van der Waals surface area contributed by atoms with E-state index in [4.69, 9.17) is 0 Å². The molecule has 1 fully saturated rings. The van der Waals surface area contributed by atoms with E-state index in [1.807, 2.05) is 24.4 Å². The van der Waals surface area contributed by atoms with Gasteiger partial charge in [-0.25, -0.2) is 0 Å². The van der Waals surface area contributed by atoms with Crippen LogP contribution in [0.1, 0.15) is 18.5 Å². The summed E-state index contributed by atoms with van der Waals surface area (Å²) in [6, 6.07) is 5.95. The lowest BCUT2D eigenvalue weighted by atomic mass is 10.3. The Balaban J connectivity index is 2.13. The zero-order chi connectivity index (χ0) is 9.10. The van der Waals surface area contributed by atoms with E-state index in [9.17, 15) is 0 Å². The molecule has 1 aliphatic rings. The van der Waals surface area contributed by atoms with E-state index >= 15 is 0 Å². The lowest BCUT2D eigenvalue weighted by Gasteiger charge is -2.19. The SMILES string of the molecule is C=C(c1ccccn1)N1CCCC1. The molecule has 2 rings (SSSR count). The molecule has 1 aromatic rings. The number of rotatable bonds is 2. The molecule has 1 saturated heterocycles. The minimum atomic E-state index is 1.00. The van der Waals surface area contributed by atoms with Crippen molar-refractivity contribution < 1.29 is 0 Å². The molecular formula is C11H14N2. The van der Waals surface area contributed by atoms with E-state index in [0.717, 1.165) is 24.5 Å². The van der Waals surface area contributed by atoms with Gasteiger partial charge >= 0.3 is 0 Å². The fourth-order valence-corrected chi connectivity index (χ4v) is 1.68. The van der Waals surface area contributed by atoms with E-state index in [0.29, 0.717) is 0 Å². The molecule has 2 heteroatoms. The van der Waals surface area contributed by atoms with Gasteiger partial charge in [0.05, 0.1) is 11.4 Å². The number of pyridine rings is 1. The third kappa shape index (κ3) is 1.72. The summed E-state index contributed by atoms with van der Waals surface area (Å²) in [6.07, 6.45) is 4.38. The van der Waals surface area contributed by atoms with Gasteiger partial charge in [-0.15, -0.1) is 0 Å². The van der Waals surface area contributed by atoms with Crippen molar-refractivity contribution in [1.29, 1.82) is 0 Å². The second-order valence-electron chi connectivity index (χ2n) is 3.36. The van der Waals surface area contributed by atoms with E-state index in [1.165, 1.54) is 12.8 Å². The molecule has 13 heavy (non-hydrogen) atoms. The summed E-state index contributed by atoms with van der Waals surface area (Å²) in [4.78, 5) is 6.59. The summed E-state index contributed by atoms with van der Waals surface area (Å²) >= 11 is 0. The van der Waals surface area contributed by atoms with Gasteiger partial charge in [-0.1, -0.05) is 12.6 Å². The van der Waals surface area contributed by atoms with Crippen molar-refractivity contribution in [1.82, 2.24) is 9.88 Å². The van der Waals surface area contributed by atoms with E-state index in [2.05, 4.69) is 16.5 Å². The molecule has 68 valence electrons. The fraction of sp³-hybridized carbons (Fsp3) is 0.364. The Morgan fingerprint density at radius 1 is 1.31 bits per heavy atom. The van der Waals surface area contributed by atoms with Crippen LogP contribution in [0.4, 0.5) is 0 Å². The Morgan fingerprint density at radius 3 is 2.69 bits per heavy atom. The van der Waals surface area contributed by atoms with Gasteiger partial charge in [0, 0.05) is 19.3 Å². The zero-order valence-electron chi connectivity index (χ0n) is 7.74. The van der Waals surface area contributed by atoms with E-state index in [-0.39, 0.29) is 0 Å². The van der Waals surface area contributed by atoms with Crippen molar-refractivity contribution >= 4 is 5.70 Å². The molecule has 0 spiro atoms. The Bertz CT molecular complexity index is 286. The van der Waals surface area contributed by atoms with Crippen molar-refractivity contribution in [2.75, 3.05) is 13.1 Å². The Hall–Kier alpha value is -1.31. The third-order valence-corrected chi connectivity index (χ3v) is 2.45. The monoisotopic (exact) mass is 174 g/mol. The Morgan fingerprint density at radius 2 is 2.08 bits per heavy atom. The fourth-order valence-electron chi connectivity index (χ4n) is 1.68. The molecular weight excluding hydrogens is 160 g/mol. The Kier molecular flexibility index (Phi) is 2.30. The number of hydrogen-bond donors (Lipinski definition) is 0. The topological polar surface area (TPSA) is 16.1 Å². The highest BCUT2D eigenvalue weighted by Gasteiger charge is 2.14. The maximum absolute atomic E-state index is 4.28. The summed E-state index contributed by atoms with van der Waals surface area (Å²) in [5, 5.41) is 0. The Labute approximate surface area is 78.9 Å². The smallest absolute Gasteiger partial charge is 0.0856 e. The van der Waals surface area contributed by atoms with Crippen LogP contribution in [-0.2, 0) is 0 Å². The minimum Gasteiger partial charge on any atom is -0.370 e. The van der Waals surface area contributed by atoms with Crippen molar-refractivity contribution in [2.24, 2.45) is 0 Å². The van der Waals surface area contributed by atoms with Crippen LogP contribution in [0.15, 0.2) is 31.0 Å². The summed E-state index contributed by atoms with van der Waals surface area (Å²) in [6.45, 7) is 6.34. The molecule has 0 bridgehead atoms. The molecule has 1 aliphatic heterocycles. The molecule has 0 aromatic carbocycles. The maximum atomic E-state index is 4.28. The average molecular weight is 174 g/mol. The van der Waals surface area contributed by atoms with Crippen LogP contribution in [0.5, 0.6) is 0 Å². The van der Waals surface area contributed by atoms with Gasteiger partial charge in [-0.3, -0.25) is 4.98 Å². The van der Waals surface area contributed by atoms with Crippen molar-refractivity contribution in [3.63, 3.8) is 0 Å². The number of hydrogen-bond acceptors (Lipinski definition) is 2. The largest absolute Gasteiger partial charge is 0.370 e. The van der Waals surface area contributed by atoms with Gasteiger partial charge in [-0.05, 0) is 25.0 Å².